The molecular formula is C8H5ClF2O2. The van der Waals surface area contributed by atoms with E-state index in [2.05, 4.69) is 4.74 Å². The van der Waals surface area contributed by atoms with E-state index in [1.165, 1.54) is 0 Å². The number of ether oxygens (including phenoxy) is 1. The van der Waals surface area contributed by atoms with E-state index in [0.717, 1.165) is 13.2 Å². The number of methoxy groups -OCH3 is 1. The lowest BCUT2D eigenvalue weighted by atomic mass is 10.2. The summed E-state index contributed by atoms with van der Waals surface area (Å²) in [4.78, 5) is 10.3. The summed E-state index contributed by atoms with van der Waals surface area (Å²) >= 11 is 5.37. The molecule has 0 saturated heterocycles. The summed E-state index contributed by atoms with van der Waals surface area (Å²) in [6.45, 7) is 0. The number of halogens is 3. The van der Waals surface area contributed by atoms with Gasteiger partial charge < -0.3 is 4.74 Å². The van der Waals surface area contributed by atoms with Crippen LogP contribution >= 0.6 is 11.6 Å². The molecule has 1 aromatic rings. The van der Waals surface area contributed by atoms with Crippen molar-refractivity contribution in [3.8, 4) is 5.75 Å². The van der Waals surface area contributed by atoms with Crippen LogP contribution in [0.4, 0.5) is 8.78 Å². The molecule has 0 atom stereocenters. The summed E-state index contributed by atoms with van der Waals surface area (Å²) in [6, 6.07) is 0.905. The fourth-order valence-electron chi connectivity index (χ4n) is 0.864. The van der Waals surface area contributed by atoms with Crippen LogP contribution in [0.25, 0.3) is 0 Å². The molecule has 0 aromatic heterocycles. The van der Waals surface area contributed by atoms with Crippen molar-refractivity contribution in [3.05, 3.63) is 28.3 Å². The molecule has 0 spiro atoms. The molecule has 5 heteroatoms. The van der Waals surface area contributed by atoms with Crippen LogP contribution in [-0.4, -0.2) is 13.4 Å². The minimum atomic E-state index is -1.04. The highest BCUT2D eigenvalue weighted by atomic mass is 35.5. The van der Waals surface area contributed by atoms with Crippen molar-refractivity contribution < 1.29 is 18.3 Å². The molecule has 0 fully saturated rings. The Morgan fingerprint density at radius 2 is 2.08 bits per heavy atom. The largest absolute Gasteiger partial charge is 0.491 e. The first kappa shape index (κ1) is 9.92. The molecule has 0 radical (unpaired) electrons. The zero-order chi connectivity index (χ0) is 10.0. The number of hydrogen-bond acceptors (Lipinski definition) is 2. The van der Waals surface area contributed by atoms with E-state index < -0.39 is 17.4 Å². The third-order valence-electron chi connectivity index (χ3n) is 1.48. The van der Waals surface area contributed by atoms with Gasteiger partial charge in [-0.25, -0.2) is 8.78 Å². The van der Waals surface area contributed by atoms with Gasteiger partial charge in [-0.3, -0.25) is 4.79 Å². The molecule has 0 aliphatic carbocycles. The number of hydrogen-bond donors (Lipinski definition) is 0. The van der Waals surface area contributed by atoms with E-state index in [0.29, 0.717) is 0 Å². The van der Waals surface area contributed by atoms with Gasteiger partial charge in [-0.05, 0) is 6.07 Å². The Bertz CT molecular complexity index is 352. The minimum absolute atomic E-state index is 0.239. The third kappa shape index (κ3) is 1.62. The molecule has 0 aliphatic rings. The lowest BCUT2D eigenvalue weighted by molar-refractivity contribution is 0.111. The van der Waals surface area contributed by atoms with Gasteiger partial charge in [0.2, 0.25) is 0 Å². The van der Waals surface area contributed by atoms with Crippen LogP contribution < -0.4 is 4.74 Å². The van der Waals surface area contributed by atoms with E-state index in [4.69, 9.17) is 11.6 Å². The Morgan fingerprint density at radius 3 is 2.54 bits per heavy atom. The van der Waals surface area contributed by atoms with Crippen LogP contribution in [0.3, 0.4) is 0 Å². The van der Waals surface area contributed by atoms with E-state index in [1.54, 1.807) is 0 Å². The highest BCUT2D eigenvalue weighted by Gasteiger charge is 2.17. The van der Waals surface area contributed by atoms with Gasteiger partial charge in [0.05, 0.1) is 17.7 Å². The molecule has 0 aliphatic heterocycles. The lowest BCUT2D eigenvalue weighted by Crippen LogP contribution is -1.98. The molecule has 13 heavy (non-hydrogen) atoms. The average Bonchev–Trinajstić information content (AvgIpc) is 2.12. The zero-order valence-electron chi connectivity index (χ0n) is 6.61. The summed E-state index contributed by atoms with van der Waals surface area (Å²) in [6.07, 6.45) is 0.239. The molecule has 0 amide bonds. The monoisotopic (exact) mass is 206 g/mol. The number of rotatable bonds is 2. The van der Waals surface area contributed by atoms with Gasteiger partial charge in [-0.1, -0.05) is 11.6 Å². The van der Waals surface area contributed by atoms with Crippen molar-refractivity contribution in [2.45, 2.75) is 0 Å². The van der Waals surface area contributed by atoms with Gasteiger partial charge >= 0.3 is 0 Å². The van der Waals surface area contributed by atoms with Crippen molar-refractivity contribution in [1.29, 1.82) is 0 Å². The predicted octanol–water partition coefficient (Wildman–Crippen LogP) is 2.44. The molecule has 70 valence electrons. The summed E-state index contributed by atoms with van der Waals surface area (Å²) < 4.78 is 30.4. The van der Waals surface area contributed by atoms with Gasteiger partial charge in [-0.2, -0.15) is 0 Å². The number of carbonyl (C=O) groups excluding carboxylic acids is 1. The highest BCUT2D eigenvalue weighted by Crippen LogP contribution is 2.29. The van der Waals surface area contributed by atoms with Crippen molar-refractivity contribution in [2.75, 3.05) is 7.11 Å². The SMILES string of the molecule is COc1c(F)c(Cl)cc(C=O)c1F. The van der Waals surface area contributed by atoms with E-state index in [-0.39, 0.29) is 16.9 Å². The van der Waals surface area contributed by atoms with Gasteiger partial charge in [0.1, 0.15) is 0 Å². The lowest BCUT2D eigenvalue weighted by Gasteiger charge is -2.05. The Morgan fingerprint density at radius 1 is 1.46 bits per heavy atom. The quantitative estimate of drug-likeness (QED) is 0.549. The molecule has 0 saturated carbocycles. The Labute approximate surface area is 78.1 Å². The van der Waals surface area contributed by atoms with Crippen LogP contribution in [0.1, 0.15) is 10.4 Å². The van der Waals surface area contributed by atoms with Crippen molar-refractivity contribution in [3.63, 3.8) is 0 Å². The van der Waals surface area contributed by atoms with Crippen LogP contribution in [-0.2, 0) is 0 Å². The predicted molar refractivity (Wildman–Crippen MR) is 43.3 cm³/mol. The van der Waals surface area contributed by atoms with Crippen LogP contribution in [0.15, 0.2) is 6.07 Å². The molecule has 0 N–H and O–H groups in total. The molecule has 1 aromatic carbocycles. The molecule has 0 unspecified atom stereocenters. The van der Waals surface area contributed by atoms with E-state index in [9.17, 15) is 13.6 Å². The maximum Gasteiger partial charge on any atom is 0.192 e. The molecular weight excluding hydrogens is 202 g/mol. The number of carbonyl (C=O) groups is 1. The Balaban J connectivity index is 3.47. The number of benzene rings is 1. The zero-order valence-corrected chi connectivity index (χ0v) is 7.36. The molecule has 0 heterocycles. The van der Waals surface area contributed by atoms with Crippen LogP contribution in [0, 0.1) is 11.6 Å². The van der Waals surface area contributed by atoms with Gasteiger partial charge in [0, 0.05) is 0 Å². The fourth-order valence-corrected chi connectivity index (χ4v) is 1.07. The first-order valence-electron chi connectivity index (χ1n) is 3.28. The van der Waals surface area contributed by atoms with Gasteiger partial charge in [0.25, 0.3) is 0 Å². The average molecular weight is 207 g/mol. The summed E-state index contributed by atoms with van der Waals surface area (Å²) in [7, 11) is 1.09. The first-order valence-corrected chi connectivity index (χ1v) is 3.66. The standard InChI is InChI=1S/C8H5ClF2O2/c1-13-8-6(10)4(3-12)2-5(9)7(8)11/h2-3H,1H3. The Hall–Kier alpha value is -1.16. The summed E-state index contributed by atoms with van der Waals surface area (Å²) in [5.74, 6) is -2.69. The number of aldehydes is 1. The third-order valence-corrected chi connectivity index (χ3v) is 1.75. The minimum Gasteiger partial charge on any atom is -0.491 e. The normalized spacial score (nSPS) is 9.85. The topological polar surface area (TPSA) is 26.3 Å². The summed E-state index contributed by atoms with van der Waals surface area (Å²) in [5, 5.41) is -0.347. The maximum absolute atomic E-state index is 13.1. The highest BCUT2D eigenvalue weighted by molar-refractivity contribution is 6.31. The van der Waals surface area contributed by atoms with E-state index in [1.807, 2.05) is 0 Å². The molecule has 1 rings (SSSR count). The molecule has 0 bridgehead atoms. The van der Waals surface area contributed by atoms with Gasteiger partial charge in [-0.15, -0.1) is 0 Å². The second-order valence-corrected chi connectivity index (χ2v) is 2.63. The smallest absolute Gasteiger partial charge is 0.192 e. The Kier molecular flexibility index (Phi) is 2.83. The van der Waals surface area contributed by atoms with Crippen LogP contribution in [0.5, 0.6) is 5.75 Å². The second kappa shape index (κ2) is 3.70. The van der Waals surface area contributed by atoms with Crippen LogP contribution in [0.2, 0.25) is 5.02 Å². The second-order valence-electron chi connectivity index (χ2n) is 2.23. The fraction of sp³-hybridized carbons (Fsp3) is 0.125. The van der Waals surface area contributed by atoms with Gasteiger partial charge in [0.15, 0.2) is 23.7 Å². The van der Waals surface area contributed by atoms with Crippen molar-refractivity contribution in [2.24, 2.45) is 0 Å². The summed E-state index contributed by atoms with van der Waals surface area (Å²) in [5.41, 5.74) is -0.330. The first-order chi connectivity index (χ1) is 6.11. The maximum atomic E-state index is 13.1. The molecule has 2 nitrogen and oxygen atoms in total. The van der Waals surface area contributed by atoms with E-state index >= 15 is 0 Å². The van der Waals surface area contributed by atoms with Crippen molar-refractivity contribution >= 4 is 17.9 Å². The van der Waals surface area contributed by atoms with Crippen molar-refractivity contribution in [1.82, 2.24) is 0 Å².